The fourth-order valence-electron chi connectivity index (χ4n) is 2.21. The number of rotatable bonds is 8. The molecule has 0 aliphatic heterocycles. The minimum Gasteiger partial charge on any atom is -0.497 e. The van der Waals surface area contributed by atoms with Crippen LogP contribution < -0.4 is 14.8 Å². The summed E-state index contributed by atoms with van der Waals surface area (Å²) in [6.07, 6.45) is 0.886. The van der Waals surface area contributed by atoms with Crippen LogP contribution in [0, 0.1) is 0 Å². The van der Waals surface area contributed by atoms with Crippen LogP contribution in [-0.4, -0.2) is 26.2 Å². The van der Waals surface area contributed by atoms with Crippen molar-refractivity contribution in [1.29, 1.82) is 0 Å². The van der Waals surface area contributed by atoms with Gasteiger partial charge in [0, 0.05) is 6.54 Å². The molecule has 0 saturated carbocycles. The Balaban J connectivity index is 1.75. The first-order chi connectivity index (χ1) is 11.6. The summed E-state index contributed by atoms with van der Waals surface area (Å²) in [5, 5.41) is 2.83. The third-order valence-electron chi connectivity index (χ3n) is 3.38. The lowest BCUT2D eigenvalue weighted by Crippen LogP contribution is -2.27. The van der Waals surface area contributed by atoms with Crippen LogP contribution in [0.15, 0.2) is 48.5 Å². The van der Waals surface area contributed by atoms with Crippen molar-refractivity contribution in [2.75, 3.05) is 13.7 Å². The maximum atomic E-state index is 12.1. The highest BCUT2D eigenvalue weighted by atomic mass is 19.3. The monoisotopic (exact) mass is 335 g/mol. The van der Waals surface area contributed by atoms with Gasteiger partial charge in [-0.3, -0.25) is 4.79 Å². The van der Waals surface area contributed by atoms with Crippen LogP contribution >= 0.6 is 0 Å². The quantitative estimate of drug-likeness (QED) is 0.806. The zero-order valence-corrected chi connectivity index (χ0v) is 13.3. The molecule has 0 aromatic heterocycles. The summed E-state index contributed by atoms with van der Waals surface area (Å²) in [5.74, 6) is 0.753. The molecule has 0 fully saturated rings. The minimum absolute atomic E-state index is 0.0825. The largest absolute Gasteiger partial charge is 0.497 e. The van der Waals surface area contributed by atoms with Crippen LogP contribution in [-0.2, 0) is 17.6 Å². The number of methoxy groups -OCH3 is 1. The Hall–Kier alpha value is -2.63. The van der Waals surface area contributed by atoms with E-state index in [2.05, 4.69) is 10.1 Å². The Labute approximate surface area is 139 Å². The number of hydrogen-bond donors (Lipinski definition) is 1. The second-order valence-corrected chi connectivity index (χ2v) is 5.15. The van der Waals surface area contributed by atoms with Crippen molar-refractivity contribution in [1.82, 2.24) is 5.32 Å². The number of ether oxygens (including phenoxy) is 2. The van der Waals surface area contributed by atoms with Gasteiger partial charge in [-0.15, -0.1) is 0 Å². The highest BCUT2D eigenvalue weighted by Gasteiger charge is 2.06. The van der Waals surface area contributed by atoms with Gasteiger partial charge >= 0.3 is 6.61 Å². The van der Waals surface area contributed by atoms with E-state index in [1.54, 1.807) is 19.2 Å². The molecule has 0 spiro atoms. The summed E-state index contributed by atoms with van der Waals surface area (Å²) in [7, 11) is 1.58. The molecule has 0 unspecified atom stereocenters. The van der Waals surface area contributed by atoms with Gasteiger partial charge in [0.2, 0.25) is 5.91 Å². The third-order valence-corrected chi connectivity index (χ3v) is 3.38. The van der Waals surface area contributed by atoms with Crippen LogP contribution in [0.4, 0.5) is 8.78 Å². The number of alkyl halides is 2. The SMILES string of the molecule is COc1cccc(CC(=O)NCCc2ccc(OC(F)F)cc2)c1. The van der Waals surface area contributed by atoms with Crippen LogP contribution in [0.2, 0.25) is 0 Å². The molecule has 6 heteroatoms. The Morgan fingerprint density at radius 3 is 2.50 bits per heavy atom. The first-order valence-corrected chi connectivity index (χ1v) is 7.50. The molecule has 2 aromatic rings. The molecular weight excluding hydrogens is 316 g/mol. The van der Waals surface area contributed by atoms with Gasteiger partial charge in [-0.25, -0.2) is 0 Å². The molecule has 0 heterocycles. The zero-order valence-electron chi connectivity index (χ0n) is 13.3. The van der Waals surface area contributed by atoms with Gasteiger partial charge in [0.15, 0.2) is 0 Å². The van der Waals surface area contributed by atoms with Crippen LogP contribution in [0.5, 0.6) is 11.5 Å². The van der Waals surface area contributed by atoms with Crippen molar-refractivity contribution >= 4 is 5.91 Å². The van der Waals surface area contributed by atoms with Crippen LogP contribution in [0.25, 0.3) is 0 Å². The standard InChI is InChI=1S/C18H19F2NO3/c1-23-16-4-2-3-14(11-16)12-17(22)21-10-9-13-5-7-15(8-6-13)24-18(19)20/h2-8,11,18H,9-10,12H2,1H3,(H,21,22). The Kier molecular flexibility index (Phi) is 6.54. The summed E-state index contributed by atoms with van der Waals surface area (Å²) in [6, 6.07) is 13.7. The Bertz CT molecular complexity index is 660. The normalized spacial score (nSPS) is 10.5. The molecule has 128 valence electrons. The van der Waals surface area contributed by atoms with Gasteiger partial charge in [0.25, 0.3) is 0 Å². The molecule has 0 aliphatic rings. The smallest absolute Gasteiger partial charge is 0.387 e. The Morgan fingerprint density at radius 1 is 1.08 bits per heavy atom. The molecule has 1 amide bonds. The van der Waals surface area contributed by atoms with E-state index in [-0.39, 0.29) is 18.1 Å². The van der Waals surface area contributed by atoms with Gasteiger partial charge in [0.1, 0.15) is 11.5 Å². The van der Waals surface area contributed by atoms with Crippen molar-refractivity contribution in [3.8, 4) is 11.5 Å². The molecule has 2 aromatic carbocycles. The first-order valence-electron chi connectivity index (χ1n) is 7.50. The molecular formula is C18H19F2NO3. The van der Waals surface area contributed by atoms with Gasteiger partial charge in [-0.05, 0) is 41.8 Å². The summed E-state index contributed by atoms with van der Waals surface area (Å²) in [4.78, 5) is 11.9. The van der Waals surface area contributed by atoms with Crippen molar-refractivity contribution in [2.45, 2.75) is 19.5 Å². The van der Waals surface area contributed by atoms with Gasteiger partial charge in [0.05, 0.1) is 13.5 Å². The zero-order chi connectivity index (χ0) is 17.4. The number of carbonyl (C=O) groups is 1. The molecule has 4 nitrogen and oxygen atoms in total. The minimum atomic E-state index is -2.83. The fourth-order valence-corrected chi connectivity index (χ4v) is 2.21. The summed E-state index contributed by atoms with van der Waals surface area (Å²) < 4.78 is 33.5. The maximum absolute atomic E-state index is 12.1. The number of benzene rings is 2. The van der Waals surface area contributed by atoms with E-state index in [9.17, 15) is 13.6 Å². The van der Waals surface area contributed by atoms with Crippen LogP contribution in [0.1, 0.15) is 11.1 Å². The molecule has 0 radical (unpaired) electrons. The Morgan fingerprint density at radius 2 is 1.83 bits per heavy atom. The fraction of sp³-hybridized carbons (Fsp3) is 0.278. The van der Waals surface area contributed by atoms with E-state index in [1.165, 1.54) is 12.1 Å². The van der Waals surface area contributed by atoms with Crippen molar-refractivity contribution in [2.24, 2.45) is 0 Å². The summed E-state index contributed by atoms with van der Waals surface area (Å²) >= 11 is 0. The van der Waals surface area contributed by atoms with Gasteiger partial charge in [-0.1, -0.05) is 24.3 Å². The molecule has 0 aliphatic carbocycles. The number of carbonyl (C=O) groups excluding carboxylic acids is 1. The van der Waals surface area contributed by atoms with E-state index in [0.717, 1.165) is 11.1 Å². The lowest BCUT2D eigenvalue weighted by molar-refractivity contribution is -0.120. The molecule has 0 atom stereocenters. The number of nitrogens with one attached hydrogen (secondary N) is 1. The second-order valence-electron chi connectivity index (χ2n) is 5.15. The number of hydrogen-bond acceptors (Lipinski definition) is 3. The topological polar surface area (TPSA) is 47.6 Å². The van der Waals surface area contributed by atoms with Gasteiger partial charge < -0.3 is 14.8 Å². The third kappa shape index (κ3) is 5.87. The summed E-state index contributed by atoms with van der Waals surface area (Å²) in [6.45, 7) is -2.36. The first kappa shape index (κ1) is 17.7. The lowest BCUT2D eigenvalue weighted by atomic mass is 10.1. The van der Waals surface area contributed by atoms with E-state index in [4.69, 9.17) is 4.74 Å². The van der Waals surface area contributed by atoms with E-state index in [1.807, 2.05) is 24.3 Å². The predicted molar refractivity (Wildman–Crippen MR) is 86.5 cm³/mol. The van der Waals surface area contributed by atoms with E-state index < -0.39 is 6.61 Å². The lowest BCUT2D eigenvalue weighted by Gasteiger charge is -2.08. The number of halogens is 2. The molecule has 1 N–H and O–H groups in total. The highest BCUT2D eigenvalue weighted by Crippen LogP contribution is 2.15. The summed E-state index contributed by atoms with van der Waals surface area (Å²) in [5.41, 5.74) is 1.80. The average molecular weight is 335 g/mol. The second kappa shape index (κ2) is 8.86. The molecule has 24 heavy (non-hydrogen) atoms. The average Bonchev–Trinajstić information content (AvgIpc) is 2.56. The molecule has 0 bridgehead atoms. The molecule has 0 saturated heterocycles. The van der Waals surface area contributed by atoms with Crippen LogP contribution in [0.3, 0.4) is 0 Å². The molecule has 2 rings (SSSR count). The van der Waals surface area contributed by atoms with Crippen molar-refractivity contribution < 1.29 is 23.0 Å². The predicted octanol–water partition coefficient (Wildman–Crippen LogP) is 3.20. The van der Waals surface area contributed by atoms with Gasteiger partial charge in [-0.2, -0.15) is 8.78 Å². The van der Waals surface area contributed by atoms with Crippen molar-refractivity contribution in [3.05, 3.63) is 59.7 Å². The number of amides is 1. The van der Waals surface area contributed by atoms with E-state index >= 15 is 0 Å². The maximum Gasteiger partial charge on any atom is 0.387 e. The van der Waals surface area contributed by atoms with E-state index in [0.29, 0.717) is 18.7 Å². The van der Waals surface area contributed by atoms with Crippen molar-refractivity contribution in [3.63, 3.8) is 0 Å². The highest BCUT2D eigenvalue weighted by molar-refractivity contribution is 5.78.